The van der Waals surface area contributed by atoms with E-state index in [1.54, 1.807) is 0 Å². The molecule has 0 fully saturated rings. The summed E-state index contributed by atoms with van der Waals surface area (Å²) in [5.41, 5.74) is -1.24. The Labute approximate surface area is 92.5 Å². The molecular formula is C10H5F4NO2. The van der Waals surface area contributed by atoms with Crippen LogP contribution in [0.4, 0.5) is 23.2 Å². The molecule has 1 aliphatic rings. The molecule has 0 aromatic heterocycles. The number of nitrogens with zero attached hydrogens (tertiary/aromatic N) is 1. The van der Waals surface area contributed by atoms with Crippen LogP contribution in [0.3, 0.4) is 0 Å². The summed E-state index contributed by atoms with van der Waals surface area (Å²) in [6.07, 6.45) is 0.161. The second-order valence-corrected chi connectivity index (χ2v) is 3.56. The molecule has 17 heavy (non-hydrogen) atoms. The van der Waals surface area contributed by atoms with Crippen LogP contribution in [-0.4, -0.2) is 16.8 Å². The Morgan fingerprint density at radius 2 is 1.59 bits per heavy atom. The van der Waals surface area contributed by atoms with Crippen LogP contribution < -0.4 is 0 Å². The van der Waals surface area contributed by atoms with E-state index in [9.17, 15) is 27.7 Å². The molecule has 2 rings (SSSR count). The molecular weight excluding hydrogens is 242 g/mol. The number of non-ortho nitro benzene ring substituents is 1. The molecule has 1 aromatic carbocycles. The van der Waals surface area contributed by atoms with E-state index in [-0.39, 0.29) is 17.3 Å². The quantitative estimate of drug-likeness (QED) is 0.457. The summed E-state index contributed by atoms with van der Waals surface area (Å²) in [6, 6.07) is 4.02. The van der Waals surface area contributed by atoms with Crippen molar-refractivity contribution in [1.29, 1.82) is 0 Å². The molecule has 0 aliphatic heterocycles. The topological polar surface area (TPSA) is 43.1 Å². The van der Waals surface area contributed by atoms with Gasteiger partial charge in [-0.05, 0) is 17.7 Å². The Kier molecular flexibility index (Phi) is 2.23. The summed E-state index contributed by atoms with van der Waals surface area (Å²) in [5.74, 6) is -8.37. The summed E-state index contributed by atoms with van der Waals surface area (Å²) >= 11 is 0. The first kappa shape index (κ1) is 11.6. The zero-order valence-electron chi connectivity index (χ0n) is 8.16. The van der Waals surface area contributed by atoms with Crippen LogP contribution in [0, 0.1) is 10.1 Å². The Morgan fingerprint density at radius 1 is 1.06 bits per heavy atom. The van der Waals surface area contributed by atoms with Gasteiger partial charge < -0.3 is 0 Å². The van der Waals surface area contributed by atoms with Crippen molar-refractivity contribution < 1.29 is 22.5 Å². The molecule has 0 heterocycles. The van der Waals surface area contributed by atoms with Gasteiger partial charge in [-0.25, -0.2) is 0 Å². The number of benzene rings is 1. The van der Waals surface area contributed by atoms with E-state index in [1.165, 1.54) is 0 Å². The summed E-state index contributed by atoms with van der Waals surface area (Å²) in [6.45, 7) is 0. The number of nitro benzene ring substituents is 1. The molecule has 0 N–H and O–H groups in total. The third-order valence-electron chi connectivity index (χ3n) is 2.47. The molecule has 0 spiro atoms. The van der Waals surface area contributed by atoms with Crippen LogP contribution >= 0.6 is 0 Å². The minimum absolute atomic E-state index is 0.147. The van der Waals surface area contributed by atoms with Crippen molar-refractivity contribution in [2.75, 3.05) is 0 Å². The van der Waals surface area contributed by atoms with Gasteiger partial charge in [-0.1, -0.05) is 0 Å². The minimum atomic E-state index is -4.22. The maximum absolute atomic E-state index is 13.0. The van der Waals surface area contributed by atoms with Gasteiger partial charge in [0.05, 0.1) is 4.92 Å². The van der Waals surface area contributed by atoms with Gasteiger partial charge in [0.2, 0.25) is 0 Å². The average molecular weight is 247 g/mol. The number of halogens is 4. The number of rotatable bonds is 2. The molecule has 0 amide bonds. The van der Waals surface area contributed by atoms with Gasteiger partial charge in [0, 0.05) is 23.8 Å². The Bertz CT molecular complexity index is 508. The van der Waals surface area contributed by atoms with Gasteiger partial charge in [-0.3, -0.25) is 10.1 Å². The van der Waals surface area contributed by atoms with Gasteiger partial charge in [0.25, 0.3) is 5.69 Å². The molecule has 1 aliphatic carbocycles. The second-order valence-electron chi connectivity index (χ2n) is 3.56. The molecule has 1 aromatic rings. The van der Waals surface area contributed by atoms with Crippen LogP contribution in [0.1, 0.15) is 5.56 Å². The predicted octanol–water partition coefficient (Wildman–Crippen LogP) is 3.26. The standard InChI is InChI=1S/C10H5F4NO2/c11-9(12)5-8(10(9,13)14)6-1-3-7(4-2-6)15(16)17/h1-5H. The van der Waals surface area contributed by atoms with Gasteiger partial charge in [-0.2, -0.15) is 17.6 Å². The van der Waals surface area contributed by atoms with Crippen LogP contribution in [0.15, 0.2) is 30.3 Å². The fraction of sp³-hybridized carbons (Fsp3) is 0.200. The third kappa shape index (κ3) is 1.58. The van der Waals surface area contributed by atoms with Gasteiger partial charge in [0.1, 0.15) is 0 Å². The number of alkyl halides is 4. The van der Waals surface area contributed by atoms with E-state index < -0.39 is 22.3 Å². The SMILES string of the molecule is O=[N+]([O-])c1ccc(C2=CC(F)(F)C2(F)F)cc1. The molecule has 90 valence electrons. The van der Waals surface area contributed by atoms with E-state index in [0.717, 1.165) is 24.3 Å². The lowest BCUT2D eigenvalue weighted by atomic mass is 9.84. The number of allylic oxidation sites excluding steroid dienone is 2. The van der Waals surface area contributed by atoms with Crippen molar-refractivity contribution in [2.24, 2.45) is 0 Å². The molecule has 3 nitrogen and oxygen atoms in total. The normalized spacial score (nSPS) is 20.4. The van der Waals surface area contributed by atoms with E-state index in [2.05, 4.69) is 0 Å². The Hall–Kier alpha value is -1.92. The maximum Gasteiger partial charge on any atom is 0.339 e. The van der Waals surface area contributed by atoms with Gasteiger partial charge in [0.15, 0.2) is 0 Å². The zero-order chi connectivity index (χ0) is 12.8. The Morgan fingerprint density at radius 3 is 1.94 bits per heavy atom. The lowest BCUT2D eigenvalue weighted by Gasteiger charge is -2.35. The smallest absolute Gasteiger partial charge is 0.258 e. The van der Waals surface area contributed by atoms with E-state index in [0.29, 0.717) is 0 Å². The highest BCUT2D eigenvalue weighted by atomic mass is 19.3. The molecule has 0 atom stereocenters. The first-order valence-electron chi connectivity index (χ1n) is 4.49. The third-order valence-corrected chi connectivity index (χ3v) is 2.47. The summed E-state index contributed by atoms with van der Waals surface area (Å²) in [7, 11) is 0. The summed E-state index contributed by atoms with van der Waals surface area (Å²) < 4.78 is 51.0. The van der Waals surface area contributed by atoms with Crippen molar-refractivity contribution in [3.63, 3.8) is 0 Å². The predicted molar refractivity (Wildman–Crippen MR) is 51.0 cm³/mol. The van der Waals surface area contributed by atoms with Gasteiger partial charge >= 0.3 is 11.8 Å². The van der Waals surface area contributed by atoms with Gasteiger partial charge in [-0.15, -0.1) is 0 Å². The van der Waals surface area contributed by atoms with Crippen molar-refractivity contribution in [2.45, 2.75) is 11.8 Å². The fourth-order valence-corrected chi connectivity index (χ4v) is 1.49. The molecule has 7 heteroatoms. The number of nitro groups is 1. The molecule has 0 radical (unpaired) electrons. The van der Waals surface area contributed by atoms with E-state index in [1.807, 2.05) is 0 Å². The van der Waals surface area contributed by atoms with E-state index in [4.69, 9.17) is 0 Å². The fourth-order valence-electron chi connectivity index (χ4n) is 1.49. The highest BCUT2D eigenvalue weighted by Crippen LogP contribution is 2.54. The van der Waals surface area contributed by atoms with Crippen molar-refractivity contribution in [3.8, 4) is 0 Å². The minimum Gasteiger partial charge on any atom is -0.258 e. The molecule has 0 bridgehead atoms. The monoisotopic (exact) mass is 247 g/mol. The molecule has 0 saturated carbocycles. The Balaban J connectivity index is 2.35. The van der Waals surface area contributed by atoms with Crippen LogP contribution in [-0.2, 0) is 0 Å². The number of hydrogen-bond donors (Lipinski definition) is 0. The summed E-state index contributed by atoms with van der Waals surface area (Å²) in [4.78, 5) is 9.62. The van der Waals surface area contributed by atoms with E-state index >= 15 is 0 Å². The maximum atomic E-state index is 13.0. The first-order chi connectivity index (χ1) is 7.75. The second kappa shape index (κ2) is 3.28. The average Bonchev–Trinajstić information content (AvgIpc) is 2.26. The van der Waals surface area contributed by atoms with Crippen LogP contribution in [0.25, 0.3) is 5.57 Å². The van der Waals surface area contributed by atoms with Crippen molar-refractivity contribution in [3.05, 3.63) is 46.0 Å². The van der Waals surface area contributed by atoms with Crippen molar-refractivity contribution in [1.82, 2.24) is 0 Å². The number of hydrogen-bond acceptors (Lipinski definition) is 2. The molecule has 0 saturated heterocycles. The summed E-state index contributed by atoms with van der Waals surface area (Å²) in [5, 5.41) is 10.3. The lowest BCUT2D eigenvalue weighted by molar-refractivity contribution is -0.384. The van der Waals surface area contributed by atoms with Crippen LogP contribution in [0.5, 0.6) is 0 Å². The highest BCUT2D eigenvalue weighted by molar-refractivity contribution is 5.79. The molecule has 0 unspecified atom stereocenters. The highest BCUT2D eigenvalue weighted by Gasteiger charge is 2.65. The van der Waals surface area contributed by atoms with Crippen LogP contribution in [0.2, 0.25) is 0 Å². The van der Waals surface area contributed by atoms with Crippen molar-refractivity contribution >= 4 is 11.3 Å². The zero-order valence-corrected chi connectivity index (χ0v) is 8.16. The lowest BCUT2D eigenvalue weighted by Crippen LogP contribution is -2.48. The largest absolute Gasteiger partial charge is 0.339 e. The first-order valence-corrected chi connectivity index (χ1v) is 4.49.